The number of carboxylic acid groups (broad SMARTS) is 1. The third-order valence-corrected chi connectivity index (χ3v) is 5.67. The van der Waals surface area contributed by atoms with E-state index in [1.54, 1.807) is 12.3 Å². The minimum Gasteiger partial charge on any atom is -0.612 e. The molecule has 2 aromatic carbocycles. The van der Waals surface area contributed by atoms with Crippen LogP contribution < -0.4 is 0 Å². The van der Waals surface area contributed by atoms with E-state index >= 15 is 0 Å². The molecule has 0 bridgehead atoms. The van der Waals surface area contributed by atoms with Crippen molar-refractivity contribution in [2.24, 2.45) is 0 Å². The molecular formula is C20H19FO3S. The molecule has 2 atom stereocenters. The van der Waals surface area contributed by atoms with Gasteiger partial charge in [0.05, 0.1) is 6.42 Å². The summed E-state index contributed by atoms with van der Waals surface area (Å²) < 4.78 is 25.2. The number of carboxylic acids is 1. The van der Waals surface area contributed by atoms with Gasteiger partial charge in [0.25, 0.3) is 0 Å². The summed E-state index contributed by atoms with van der Waals surface area (Å²) in [6.07, 6.45) is 2.23. The van der Waals surface area contributed by atoms with Crippen molar-refractivity contribution in [1.29, 1.82) is 0 Å². The Morgan fingerprint density at radius 1 is 1.24 bits per heavy atom. The van der Waals surface area contributed by atoms with Gasteiger partial charge in [0.1, 0.15) is 12.1 Å². The molecule has 2 unspecified atom stereocenters. The smallest absolute Gasteiger partial charge is 0.307 e. The highest BCUT2D eigenvalue weighted by Crippen LogP contribution is 2.45. The number of rotatable bonds is 5. The van der Waals surface area contributed by atoms with Crippen LogP contribution in [0.5, 0.6) is 0 Å². The third kappa shape index (κ3) is 3.62. The van der Waals surface area contributed by atoms with Gasteiger partial charge in [-0.3, -0.25) is 4.79 Å². The van der Waals surface area contributed by atoms with Crippen molar-refractivity contribution in [1.82, 2.24) is 0 Å². The Kier molecular flexibility index (Phi) is 4.97. The highest BCUT2D eigenvalue weighted by molar-refractivity contribution is 7.90. The number of hydrogen-bond acceptors (Lipinski definition) is 2. The van der Waals surface area contributed by atoms with Crippen LogP contribution in [0, 0.1) is 5.82 Å². The topological polar surface area (TPSA) is 60.4 Å². The lowest BCUT2D eigenvalue weighted by Gasteiger charge is -2.15. The molecule has 3 nitrogen and oxygen atoms in total. The molecule has 3 rings (SSSR count). The predicted octanol–water partition coefficient (Wildman–Crippen LogP) is 4.15. The normalized spacial score (nSPS) is 17.5. The molecule has 0 saturated carbocycles. The van der Waals surface area contributed by atoms with Crippen LogP contribution in [0.1, 0.15) is 36.0 Å². The number of hydrogen-bond donors (Lipinski definition) is 1. The van der Waals surface area contributed by atoms with Crippen LogP contribution in [0.2, 0.25) is 0 Å². The second kappa shape index (κ2) is 7.02. The monoisotopic (exact) mass is 358 g/mol. The summed E-state index contributed by atoms with van der Waals surface area (Å²) in [4.78, 5) is 12.0. The van der Waals surface area contributed by atoms with Gasteiger partial charge in [-0.25, -0.2) is 4.39 Å². The van der Waals surface area contributed by atoms with Crippen LogP contribution in [0.3, 0.4) is 0 Å². The quantitative estimate of drug-likeness (QED) is 0.817. The molecule has 2 aromatic rings. The van der Waals surface area contributed by atoms with Crippen LogP contribution >= 0.6 is 0 Å². The van der Waals surface area contributed by atoms with Crippen LogP contribution in [0.15, 0.2) is 52.9 Å². The van der Waals surface area contributed by atoms with Crippen LogP contribution in [0.25, 0.3) is 5.57 Å². The van der Waals surface area contributed by atoms with Crippen molar-refractivity contribution >= 4 is 22.7 Å². The molecule has 5 heteroatoms. The van der Waals surface area contributed by atoms with E-state index in [9.17, 15) is 18.8 Å². The SMILES string of the molecule is CC1=C(CC(=O)O)c2cc(F)ccc2C1Cc1ccc([S+](C)[O-])cc1. The average molecular weight is 358 g/mol. The molecule has 130 valence electrons. The van der Waals surface area contributed by atoms with E-state index in [0.717, 1.165) is 21.6 Å². The molecule has 0 amide bonds. The van der Waals surface area contributed by atoms with Crippen molar-refractivity contribution in [3.05, 3.63) is 70.5 Å². The fourth-order valence-electron chi connectivity index (χ4n) is 3.45. The van der Waals surface area contributed by atoms with Gasteiger partial charge in [0.15, 0.2) is 4.90 Å². The van der Waals surface area contributed by atoms with Crippen molar-refractivity contribution < 1.29 is 18.8 Å². The molecule has 0 radical (unpaired) electrons. The summed E-state index contributed by atoms with van der Waals surface area (Å²) in [5.41, 5.74) is 4.43. The lowest BCUT2D eigenvalue weighted by atomic mass is 9.90. The fourth-order valence-corrected chi connectivity index (χ4v) is 3.97. The minimum absolute atomic E-state index is 0.0305. The summed E-state index contributed by atoms with van der Waals surface area (Å²) in [5.74, 6) is -1.24. The molecule has 0 fully saturated rings. The summed E-state index contributed by atoms with van der Waals surface area (Å²) in [6.45, 7) is 1.93. The summed E-state index contributed by atoms with van der Waals surface area (Å²) >= 11 is -1.02. The van der Waals surface area contributed by atoms with E-state index in [0.29, 0.717) is 17.6 Å². The second-order valence-corrected chi connectivity index (χ2v) is 7.70. The van der Waals surface area contributed by atoms with Gasteiger partial charge in [0.2, 0.25) is 0 Å². The average Bonchev–Trinajstić information content (AvgIpc) is 2.80. The lowest BCUT2D eigenvalue weighted by Crippen LogP contribution is -2.03. The van der Waals surface area contributed by atoms with Crippen LogP contribution in [-0.4, -0.2) is 21.9 Å². The van der Waals surface area contributed by atoms with Crippen LogP contribution in [0.4, 0.5) is 4.39 Å². The largest absolute Gasteiger partial charge is 0.612 e. The van der Waals surface area contributed by atoms with Crippen molar-refractivity contribution in [2.45, 2.75) is 30.6 Å². The Morgan fingerprint density at radius 2 is 1.92 bits per heavy atom. The molecule has 25 heavy (non-hydrogen) atoms. The first-order chi connectivity index (χ1) is 11.9. The van der Waals surface area contributed by atoms with Crippen molar-refractivity contribution in [3.63, 3.8) is 0 Å². The van der Waals surface area contributed by atoms with Gasteiger partial charge in [-0.05, 0) is 71.0 Å². The van der Waals surface area contributed by atoms with Gasteiger partial charge in [-0.1, -0.05) is 23.8 Å². The van der Waals surface area contributed by atoms with Gasteiger partial charge >= 0.3 is 5.97 Å². The zero-order valence-corrected chi connectivity index (χ0v) is 14.9. The zero-order chi connectivity index (χ0) is 18.1. The van der Waals surface area contributed by atoms with Gasteiger partial charge < -0.3 is 9.66 Å². The standard InChI is InChI=1S/C20H19FO3S/c1-12-17(9-13-3-6-15(7-4-13)25(2)24)16-8-5-14(21)10-19(16)18(12)11-20(22)23/h3-8,10,17H,9,11H2,1-2H3,(H,22,23). The first kappa shape index (κ1) is 17.7. The van der Waals surface area contributed by atoms with Crippen molar-refractivity contribution in [2.75, 3.05) is 6.26 Å². The summed E-state index contributed by atoms with van der Waals surface area (Å²) in [7, 11) is 0. The Labute approximate surface area is 149 Å². The maximum absolute atomic E-state index is 13.7. The maximum atomic E-state index is 13.7. The Bertz CT molecular complexity index is 841. The number of aliphatic carboxylic acids is 1. The molecule has 0 aromatic heterocycles. The number of allylic oxidation sites excluding steroid dienone is 1. The molecule has 0 aliphatic heterocycles. The predicted molar refractivity (Wildman–Crippen MR) is 96.5 cm³/mol. The van der Waals surface area contributed by atoms with Gasteiger partial charge in [-0.15, -0.1) is 0 Å². The number of halogens is 1. The van der Waals surface area contributed by atoms with E-state index < -0.39 is 17.1 Å². The first-order valence-electron chi connectivity index (χ1n) is 8.00. The Morgan fingerprint density at radius 3 is 2.52 bits per heavy atom. The third-order valence-electron chi connectivity index (χ3n) is 4.74. The summed E-state index contributed by atoms with van der Waals surface area (Å²) in [5, 5.41) is 9.19. The van der Waals surface area contributed by atoms with E-state index in [1.807, 2.05) is 31.2 Å². The molecule has 1 aliphatic rings. The second-order valence-electron chi connectivity index (χ2n) is 6.32. The molecule has 0 spiro atoms. The van der Waals surface area contributed by atoms with E-state index in [2.05, 4.69) is 0 Å². The number of fused-ring (bicyclic) bond motifs is 1. The molecule has 1 N–H and O–H groups in total. The lowest BCUT2D eigenvalue weighted by molar-refractivity contribution is -0.135. The summed E-state index contributed by atoms with van der Waals surface area (Å²) in [6, 6.07) is 12.2. The van der Waals surface area contributed by atoms with E-state index in [-0.39, 0.29) is 18.2 Å². The highest BCUT2D eigenvalue weighted by atomic mass is 32.2. The Balaban J connectivity index is 1.95. The van der Waals surface area contributed by atoms with E-state index in [4.69, 9.17) is 0 Å². The molecular weight excluding hydrogens is 339 g/mol. The van der Waals surface area contributed by atoms with Gasteiger partial charge in [0, 0.05) is 5.92 Å². The zero-order valence-electron chi connectivity index (χ0n) is 14.1. The molecule has 0 saturated heterocycles. The van der Waals surface area contributed by atoms with Crippen molar-refractivity contribution in [3.8, 4) is 0 Å². The molecule has 1 aliphatic carbocycles. The molecule has 0 heterocycles. The number of carbonyl (C=O) groups is 1. The highest BCUT2D eigenvalue weighted by Gasteiger charge is 2.30. The minimum atomic E-state index is -1.02. The maximum Gasteiger partial charge on any atom is 0.307 e. The first-order valence-corrected chi connectivity index (χ1v) is 9.56. The van der Waals surface area contributed by atoms with Crippen LogP contribution in [-0.2, 0) is 22.4 Å². The fraction of sp³-hybridized carbons (Fsp3) is 0.250. The Hall–Kier alpha value is -2.11. The van der Waals surface area contributed by atoms with Gasteiger partial charge in [-0.2, -0.15) is 0 Å². The van der Waals surface area contributed by atoms with E-state index in [1.165, 1.54) is 12.1 Å². The number of benzene rings is 2.